The molecule has 7 heteroatoms. The maximum atomic E-state index is 13.1. The van der Waals surface area contributed by atoms with Crippen molar-refractivity contribution in [2.24, 2.45) is 16.6 Å². The van der Waals surface area contributed by atoms with E-state index in [2.05, 4.69) is 44.8 Å². The third-order valence-corrected chi connectivity index (χ3v) is 5.71. The van der Waals surface area contributed by atoms with Gasteiger partial charge in [-0.3, -0.25) is 14.7 Å². The van der Waals surface area contributed by atoms with Crippen LogP contribution in [0.1, 0.15) is 24.0 Å². The van der Waals surface area contributed by atoms with Crippen molar-refractivity contribution >= 4 is 11.9 Å². The van der Waals surface area contributed by atoms with Gasteiger partial charge >= 0.3 is 0 Å². The number of hydrogen-bond donors (Lipinski definition) is 3. The minimum atomic E-state index is -0.406. The molecule has 0 radical (unpaired) electrons. The summed E-state index contributed by atoms with van der Waals surface area (Å²) in [5.74, 6) is -0.415. The zero-order chi connectivity index (χ0) is 22.1. The molecule has 2 aromatic carbocycles. The number of nitrogens with two attached hydrogens (primary N) is 1. The second kappa shape index (κ2) is 11.5. The molecule has 4 N–H and O–H groups in total. The standard InChI is InChI=1S/C24H32FN5O/c1-27-24(28-16-20(23(26)31)15-18-7-9-21(25)10-8-18)29-22-11-13-30(14-12-22)17-19-5-3-2-4-6-19/h2-10,20,22H,11-17H2,1H3,(H2,26,31)(H2,27,28,29). The van der Waals surface area contributed by atoms with Crippen molar-refractivity contribution in [2.75, 3.05) is 26.7 Å². The lowest BCUT2D eigenvalue weighted by Gasteiger charge is -2.33. The predicted molar refractivity (Wildman–Crippen MR) is 122 cm³/mol. The number of guanidine groups is 1. The van der Waals surface area contributed by atoms with Crippen LogP contribution in [0.25, 0.3) is 0 Å². The Hall–Kier alpha value is -2.93. The molecule has 3 rings (SSSR count). The monoisotopic (exact) mass is 425 g/mol. The Morgan fingerprint density at radius 1 is 1.13 bits per heavy atom. The summed E-state index contributed by atoms with van der Waals surface area (Å²) in [6.07, 6.45) is 2.52. The fourth-order valence-electron chi connectivity index (χ4n) is 3.86. The van der Waals surface area contributed by atoms with E-state index < -0.39 is 5.92 Å². The van der Waals surface area contributed by atoms with Crippen molar-refractivity contribution in [2.45, 2.75) is 31.8 Å². The normalized spacial score (nSPS) is 16.6. The fourth-order valence-corrected chi connectivity index (χ4v) is 3.86. The minimum absolute atomic E-state index is 0.295. The van der Waals surface area contributed by atoms with Gasteiger partial charge < -0.3 is 16.4 Å². The molecule has 2 aromatic rings. The Morgan fingerprint density at radius 2 is 1.81 bits per heavy atom. The van der Waals surface area contributed by atoms with Gasteiger partial charge in [-0.1, -0.05) is 42.5 Å². The average molecular weight is 426 g/mol. The first kappa shape index (κ1) is 22.7. The lowest BCUT2D eigenvalue weighted by molar-refractivity contribution is -0.121. The number of aliphatic imine (C=N–C) groups is 1. The number of carbonyl (C=O) groups excluding carboxylic acids is 1. The van der Waals surface area contributed by atoms with E-state index in [0.717, 1.165) is 38.0 Å². The number of likely N-dealkylation sites (tertiary alicyclic amines) is 1. The SMILES string of the molecule is CN=C(NCC(Cc1ccc(F)cc1)C(N)=O)NC1CCN(Cc2ccccc2)CC1. The molecule has 1 fully saturated rings. The van der Waals surface area contributed by atoms with Crippen molar-refractivity contribution in [1.82, 2.24) is 15.5 Å². The van der Waals surface area contributed by atoms with Crippen molar-refractivity contribution in [3.63, 3.8) is 0 Å². The summed E-state index contributed by atoms with van der Waals surface area (Å²) < 4.78 is 13.1. The number of halogens is 1. The highest BCUT2D eigenvalue weighted by molar-refractivity contribution is 5.82. The van der Waals surface area contributed by atoms with Gasteiger partial charge in [-0.2, -0.15) is 0 Å². The number of primary amides is 1. The highest BCUT2D eigenvalue weighted by Crippen LogP contribution is 2.14. The van der Waals surface area contributed by atoms with Crippen LogP contribution >= 0.6 is 0 Å². The molecule has 1 amide bonds. The van der Waals surface area contributed by atoms with E-state index in [-0.39, 0.29) is 11.7 Å². The van der Waals surface area contributed by atoms with E-state index in [9.17, 15) is 9.18 Å². The van der Waals surface area contributed by atoms with E-state index in [1.165, 1.54) is 17.7 Å². The molecule has 0 bridgehead atoms. The van der Waals surface area contributed by atoms with Gasteiger partial charge in [-0.15, -0.1) is 0 Å². The summed E-state index contributed by atoms with van der Waals surface area (Å²) in [4.78, 5) is 18.7. The van der Waals surface area contributed by atoms with Crippen LogP contribution in [0, 0.1) is 11.7 Å². The zero-order valence-corrected chi connectivity index (χ0v) is 18.1. The lowest BCUT2D eigenvalue weighted by Crippen LogP contribution is -2.50. The number of carbonyl (C=O) groups is 1. The maximum Gasteiger partial charge on any atom is 0.222 e. The predicted octanol–water partition coefficient (Wildman–Crippen LogP) is 2.30. The molecule has 1 aliphatic rings. The van der Waals surface area contributed by atoms with Gasteiger partial charge in [-0.25, -0.2) is 4.39 Å². The van der Waals surface area contributed by atoms with Crippen LogP contribution in [-0.2, 0) is 17.8 Å². The molecule has 1 heterocycles. The summed E-state index contributed by atoms with van der Waals surface area (Å²) in [6, 6.07) is 17.0. The molecule has 31 heavy (non-hydrogen) atoms. The molecule has 166 valence electrons. The van der Waals surface area contributed by atoms with Gasteiger partial charge in [-0.05, 0) is 42.5 Å². The van der Waals surface area contributed by atoms with Crippen LogP contribution in [0.3, 0.4) is 0 Å². The number of amides is 1. The molecular weight excluding hydrogens is 393 g/mol. The highest BCUT2D eigenvalue weighted by Gasteiger charge is 2.21. The van der Waals surface area contributed by atoms with Gasteiger partial charge in [0.25, 0.3) is 0 Å². The van der Waals surface area contributed by atoms with E-state index in [1.807, 2.05) is 6.07 Å². The van der Waals surface area contributed by atoms with Gasteiger partial charge in [0.2, 0.25) is 5.91 Å². The summed E-state index contributed by atoms with van der Waals surface area (Å²) in [5, 5.41) is 6.70. The Labute approximate surface area is 183 Å². The second-order valence-electron chi connectivity index (χ2n) is 8.06. The van der Waals surface area contributed by atoms with Gasteiger partial charge in [0, 0.05) is 39.3 Å². The van der Waals surface area contributed by atoms with Crippen LogP contribution in [0.15, 0.2) is 59.6 Å². The van der Waals surface area contributed by atoms with Gasteiger partial charge in [0.05, 0.1) is 5.92 Å². The first-order valence-corrected chi connectivity index (χ1v) is 10.8. The van der Waals surface area contributed by atoms with Gasteiger partial charge in [0.15, 0.2) is 5.96 Å². The third-order valence-electron chi connectivity index (χ3n) is 5.71. The molecule has 0 aliphatic carbocycles. The Bertz CT molecular complexity index is 848. The third kappa shape index (κ3) is 7.36. The lowest BCUT2D eigenvalue weighted by atomic mass is 9.98. The van der Waals surface area contributed by atoms with Crippen LogP contribution in [-0.4, -0.2) is 49.5 Å². The van der Waals surface area contributed by atoms with Crippen molar-refractivity contribution < 1.29 is 9.18 Å². The van der Waals surface area contributed by atoms with Crippen LogP contribution in [0.5, 0.6) is 0 Å². The summed E-state index contributed by atoms with van der Waals surface area (Å²) >= 11 is 0. The molecule has 6 nitrogen and oxygen atoms in total. The Kier molecular flexibility index (Phi) is 8.41. The van der Waals surface area contributed by atoms with Crippen LogP contribution < -0.4 is 16.4 Å². The van der Waals surface area contributed by atoms with E-state index >= 15 is 0 Å². The maximum absolute atomic E-state index is 13.1. The van der Waals surface area contributed by atoms with Crippen LogP contribution in [0.2, 0.25) is 0 Å². The molecular formula is C24H32FN5O. The minimum Gasteiger partial charge on any atom is -0.369 e. The number of benzene rings is 2. The van der Waals surface area contributed by atoms with Crippen molar-refractivity contribution in [3.8, 4) is 0 Å². The molecule has 1 aliphatic heterocycles. The van der Waals surface area contributed by atoms with Crippen molar-refractivity contribution in [3.05, 3.63) is 71.5 Å². The summed E-state index contributed by atoms with van der Waals surface area (Å²) in [5.41, 5.74) is 7.80. The number of hydrogen-bond acceptors (Lipinski definition) is 3. The molecule has 1 unspecified atom stereocenters. The first-order valence-electron chi connectivity index (χ1n) is 10.8. The second-order valence-corrected chi connectivity index (χ2v) is 8.06. The molecule has 0 aromatic heterocycles. The smallest absolute Gasteiger partial charge is 0.222 e. The fraction of sp³-hybridized carbons (Fsp3) is 0.417. The van der Waals surface area contributed by atoms with Crippen LogP contribution in [0.4, 0.5) is 4.39 Å². The molecule has 0 spiro atoms. The Balaban J connectivity index is 1.44. The van der Waals surface area contributed by atoms with E-state index in [1.54, 1.807) is 19.2 Å². The van der Waals surface area contributed by atoms with Gasteiger partial charge in [0.1, 0.15) is 5.82 Å². The highest BCUT2D eigenvalue weighted by atomic mass is 19.1. The van der Waals surface area contributed by atoms with E-state index in [0.29, 0.717) is 25.0 Å². The summed E-state index contributed by atoms with van der Waals surface area (Å²) in [6.45, 7) is 3.40. The molecule has 1 atom stereocenters. The van der Waals surface area contributed by atoms with E-state index in [4.69, 9.17) is 5.73 Å². The summed E-state index contributed by atoms with van der Waals surface area (Å²) in [7, 11) is 1.72. The quantitative estimate of drug-likeness (QED) is 0.448. The van der Waals surface area contributed by atoms with Crippen molar-refractivity contribution in [1.29, 1.82) is 0 Å². The first-order chi connectivity index (χ1) is 15.0. The topological polar surface area (TPSA) is 82.7 Å². The zero-order valence-electron chi connectivity index (χ0n) is 18.1. The number of piperidine rings is 1. The number of nitrogens with zero attached hydrogens (tertiary/aromatic N) is 2. The largest absolute Gasteiger partial charge is 0.369 e. The average Bonchev–Trinajstić information content (AvgIpc) is 2.78. The number of nitrogens with one attached hydrogen (secondary N) is 2. The molecule has 1 saturated heterocycles. The Morgan fingerprint density at radius 3 is 2.42 bits per heavy atom. The molecule has 0 saturated carbocycles. The number of rotatable bonds is 8.